The van der Waals surface area contributed by atoms with Crippen LogP contribution < -0.4 is 10.6 Å². The van der Waals surface area contributed by atoms with Crippen molar-refractivity contribution in [2.45, 2.75) is 16.9 Å². The van der Waals surface area contributed by atoms with Crippen molar-refractivity contribution in [2.24, 2.45) is 0 Å². The molecule has 180 valence electrons. The number of hydrogen-bond acceptors (Lipinski definition) is 5. The third-order valence-electron chi connectivity index (χ3n) is 5.20. The van der Waals surface area contributed by atoms with Crippen LogP contribution in [0.5, 0.6) is 5.88 Å². The van der Waals surface area contributed by atoms with E-state index in [1.165, 1.54) is 52.3 Å². The largest absolute Gasteiger partial charge is 0.493 e. The van der Waals surface area contributed by atoms with Crippen LogP contribution in [0.3, 0.4) is 0 Å². The van der Waals surface area contributed by atoms with Crippen LogP contribution in [0.1, 0.15) is 15.9 Å². The number of carbonyl (C=O) groups is 1. The molecule has 0 saturated carbocycles. The lowest BCUT2D eigenvalue weighted by Gasteiger charge is -2.19. The van der Waals surface area contributed by atoms with Gasteiger partial charge in [-0.3, -0.25) is 14.3 Å². The molecule has 1 N–H and O–H groups in total. The van der Waals surface area contributed by atoms with Gasteiger partial charge in [0, 0.05) is 30.0 Å². The standard InChI is InChI=1S/C24H19F3N4O3S/c1-29(17-5-3-2-4-6-17)22(33)20-13-28-12-11-16(20)14-30-15-21(32)31(23(30)34)18-7-9-19(10-8-18)35-24(25,26)27/h2-13,15,32H,14H2,1H3. The maximum absolute atomic E-state index is 13.1. The Balaban J connectivity index is 1.62. The molecule has 0 saturated heterocycles. The highest BCUT2D eigenvalue weighted by Crippen LogP contribution is 2.37. The van der Waals surface area contributed by atoms with E-state index in [-0.39, 0.29) is 40.4 Å². The first kappa shape index (κ1) is 24.1. The van der Waals surface area contributed by atoms with Crippen LogP contribution in [-0.4, -0.2) is 37.7 Å². The van der Waals surface area contributed by atoms with Crippen LogP contribution in [0.2, 0.25) is 0 Å². The number of rotatable bonds is 6. The number of benzene rings is 2. The third-order valence-corrected chi connectivity index (χ3v) is 5.94. The summed E-state index contributed by atoms with van der Waals surface area (Å²) in [5.41, 5.74) is -3.38. The van der Waals surface area contributed by atoms with Gasteiger partial charge in [-0.2, -0.15) is 13.2 Å². The Morgan fingerprint density at radius 1 is 1.09 bits per heavy atom. The smallest absolute Gasteiger partial charge is 0.446 e. The molecule has 0 unspecified atom stereocenters. The Morgan fingerprint density at radius 3 is 2.43 bits per heavy atom. The minimum Gasteiger partial charge on any atom is -0.493 e. The van der Waals surface area contributed by atoms with E-state index in [2.05, 4.69) is 4.98 Å². The number of nitrogens with zero attached hydrogens (tertiary/aromatic N) is 4. The van der Waals surface area contributed by atoms with Gasteiger partial charge >= 0.3 is 11.2 Å². The molecule has 35 heavy (non-hydrogen) atoms. The van der Waals surface area contributed by atoms with E-state index in [0.29, 0.717) is 11.3 Å². The van der Waals surface area contributed by atoms with Gasteiger partial charge in [-0.05, 0) is 59.8 Å². The summed E-state index contributed by atoms with van der Waals surface area (Å²) in [6.07, 6.45) is 4.11. The normalized spacial score (nSPS) is 11.4. The van der Waals surface area contributed by atoms with Crippen LogP contribution in [0.25, 0.3) is 5.69 Å². The number of anilines is 1. The lowest BCUT2D eigenvalue weighted by Crippen LogP contribution is -2.29. The van der Waals surface area contributed by atoms with E-state index in [1.807, 2.05) is 18.2 Å². The SMILES string of the molecule is CN(C(=O)c1cnccc1Cn1cc(O)n(-c2ccc(SC(F)(F)F)cc2)c1=O)c1ccccc1. The minimum absolute atomic E-state index is 0.0341. The fraction of sp³-hybridized carbons (Fsp3) is 0.125. The second-order valence-corrected chi connectivity index (χ2v) is 8.65. The average molecular weight is 501 g/mol. The van der Waals surface area contributed by atoms with Gasteiger partial charge in [0.2, 0.25) is 5.88 Å². The molecule has 2 aromatic carbocycles. The summed E-state index contributed by atoms with van der Waals surface area (Å²) in [6.45, 7) is -0.0341. The van der Waals surface area contributed by atoms with Crippen molar-refractivity contribution in [2.75, 3.05) is 11.9 Å². The Bertz CT molecular complexity index is 1400. The topological polar surface area (TPSA) is 80.4 Å². The number of pyridine rings is 1. The molecule has 0 aliphatic carbocycles. The Kier molecular flexibility index (Phi) is 6.70. The van der Waals surface area contributed by atoms with Crippen LogP contribution in [0, 0.1) is 0 Å². The lowest BCUT2D eigenvalue weighted by atomic mass is 10.1. The van der Waals surface area contributed by atoms with Gasteiger partial charge in [-0.1, -0.05) is 18.2 Å². The molecule has 7 nitrogen and oxygen atoms in total. The van der Waals surface area contributed by atoms with Crippen molar-refractivity contribution in [1.29, 1.82) is 0 Å². The molecule has 2 heterocycles. The molecule has 0 atom stereocenters. The molecule has 0 aliphatic rings. The summed E-state index contributed by atoms with van der Waals surface area (Å²) >= 11 is -0.272. The molecular weight excluding hydrogens is 481 g/mol. The van der Waals surface area contributed by atoms with E-state index in [4.69, 9.17) is 0 Å². The Labute approximate surface area is 202 Å². The lowest BCUT2D eigenvalue weighted by molar-refractivity contribution is -0.0328. The number of hydrogen-bond donors (Lipinski definition) is 1. The number of thioether (sulfide) groups is 1. The Hall–Kier alpha value is -3.99. The van der Waals surface area contributed by atoms with Crippen molar-refractivity contribution in [3.05, 3.63) is 101 Å². The van der Waals surface area contributed by atoms with Crippen molar-refractivity contribution in [1.82, 2.24) is 14.1 Å². The highest BCUT2D eigenvalue weighted by molar-refractivity contribution is 8.00. The van der Waals surface area contributed by atoms with Gasteiger partial charge in [-0.25, -0.2) is 9.36 Å². The van der Waals surface area contributed by atoms with Gasteiger partial charge in [0.1, 0.15) is 0 Å². The van der Waals surface area contributed by atoms with Gasteiger partial charge in [0.05, 0.1) is 24.0 Å². The number of imidazole rings is 1. The van der Waals surface area contributed by atoms with Gasteiger partial charge in [0.15, 0.2) is 0 Å². The number of aromatic nitrogens is 3. The summed E-state index contributed by atoms with van der Waals surface area (Å²) in [5, 5.41) is 10.4. The molecule has 2 aromatic heterocycles. The summed E-state index contributed by atoms with van der Waals surface area (Å²) in [7, 11) is 1.63. The predicted molar refractivity (Wildman–Crippen MR) is 126 cm³/mol. The van der Waals surface area contributed by atoms with Crippen molar-refractivity contribution in [3.8, 4) is 11.6 Å². The molecule has 0 aliphatic heterocycles. The zero-order valence-electron chi connectivity index (χ0n) is 18.3. The van der Waals surface area contributed by atoms with Crippen molar-refractivity contribution >= 4 is 23.4 Å². The zero-order chi connectivity index (χ0) is 25.2. The van der Waals surface area contributed by atoms with Crippen LogP contribution in [0.15, 0.2) is 88.9 Å². The molecule has 4 aromatic rings. The second kappa shape index (κ2) is 9.71. The van der Waals surface area contributed by atoms with E-state index >= 15 is 0 Å². The van der Waals surface area contributed by atoms with Gasteiger partial charge in [-0.15, -0.1) is 0 Å². The highest BCUT2D eigenvalue weighted by Gasteiger charge is 2.29. The van der Waals surface area contributed by atoms with Crippen LogP contribution in [0.4, 0.5) is 18.9 Å². The van der Waals surface area contributed by atoms with E-state index in [1.54, 1.807) is 25.2 Å². The molecule has 4 rings (SSSR count). The first-order valence-corrected chi connectivity index (χ1v) is 11.1. The summed E-state index contributed by atoms with van der Waals surface area (Å²) in [4.78, 5) is 31.6. The van der Waals surface area contributed by atoms with Crippen molar-refractivity contribution in [3.63, 3.8) is 0 Å². The second-order valence-electron chi connectivity index (χ2n) is 7.51. The first-order chi connectivity index (χ1) is 16.6. The monoisotopic (exact) mass is 500 g/mol. The number of carbonyl (C=O) groups excluding carboxylic acids is 1. The van der Waals surface area contributed by atoms with Crippen LogP contribution in [-0.2, 0) is 6.54 Å². The third kappa shape index (κ3) is 5.40. The summed E-state index contributed by atoms with van der Waals surface area (Å²) in [6, 6.07) is 15.7. The molecule has 1 amide bonds. The number of amides is 1. The average Bonchev–Trinajstić information content (AvgIpc) is 3.11. The molecule has 0 bridgehead atoms. The minimum atomic E-state index is -4.43. The fourth-order valence-corrected chi connectivity index (χ4v) is 4.06. The van der Waals surface area contributed by atoms with E-state index in [9.17, 15) is 27.9 Å². The summed E-state index contributed by atoms with van der Waals surface area (Å²) in [5.74, 6) is -0.719. The number of para-hydroxylation sites is 1. The maximum Gasteiger partial charge on any atom is 0.446 e. The molecule has 0 spiro atoms. The number of halogens is 3. The molecule has 11 heteroatoms. The molecule has 0 fully saturated rings. The maximum atomic E-state index is 13.1. The van der Waals surface area contributed by atoms with E-state index < -0.39 is 17.1 Å². The number of alkyl halides is 3. The quantitative estimate of drug-likeness (QED) is 0.389. The van der Waals surface area contributed by atoms with Gasteiger partial charge in [0.25, 0.3) is 5.91 Å². The predicted octanol–water partition coefficient (Wildman–Crippen LogP) is 4.68. The molecular formula is C24H19F3N4O3S. The van der Waals surface area contributed by atoms with Crippen molar-refractivity contribution < 1.29 is 23.1 Å². The van der Waals surface area contributed by atoms with E-state index in [0.717, 1.165) is 4.57 Å². The fourth-order valence-electron chi connectivity index (χ4n) is 3.52. The number of aromatic hydroxyl groups is 1. The Morgan fingerprint density at radius 2 is 1.77 bits per heavy atom. The van der Waals surface area contributed by atoms with Crippen LogP contribution >= 0.6 is 11.8 Å². The van der Waals surface area contributed by atoms with Gasteiger partial charge < -0.3 is 10.0 Å². The molecule has 0 radical (unpaired) electrons. The highest BCUT2D eigenvalue weighted by atomic mass is 32.2. The summed E-state index contributed by atoms with van der Waals surface area (Å²) < 4.78 is 39.9. The first-order valence-electron chi connectivity index (χ1n) is 10.3. The zero-order valence-corrected chi connectivity index (χ0v) is 19.1.